The fraction of sp³-hybridized carbons (Fsp3) is 0.267. The Morgan fingerprint density at radius 1 is 1.48 bits per heavy atom. The van der Waals surface area contributed by atoms with Crippen LogP contribution in [0.5, 0.6) is 0 Å². The first-order valence-corrected chi connectivity index (χ1v) is 7.06. The van der Waals surface area contributed by atoms with Crippen LogP contribution in [0.1, 0.15) is 23.2 Å². The predicted octanol–water partition coefficient (Wildman–Crippen LogP) is 1.80. The van der Waals surface area contributed by atoms with Crippen LogP contribution < -0.4 is 5.10 Å². The molecule has 8 heteroatoms. The topological polar surface area (TPSA) is 91.3 Å². The summed E-state index contributed by atoms with van der Waals surface area (Å²) in [7, 11) is 0. The van der Waals surface area contributed by atoms with Crippen molar-refractivity contribution in [1.82, 2.24) is 15.1 Å². The van der Waals surface area contributed by atoms with Gasteiger partial charge in [-0.3, -0.25) is 9.69 Å². The van der Waals surface area contributed by atoms with Gasteiger partial charge in [0.15, 0.2) is 0 Å². The van der Waals surface area contributed by atoms with Gasteiger partial charge < -0.3 is 15.3 Å². The van der Waals surface area contributed by atoms with Crippen LogP contribution in [0.4, 0.5) is 0 Å². The van der Waals surface area contributed by atoms with Crippen molar-refractivity contribution >= 4 is 17.5 Å². The Balaban J connectivity index is 0.00000192. The van der Waals surface area contributed by atoms with E-state index >= 15 is 0 Å². The molecule has 23 heavy (non-hydrogen) atoms. The number of rotatable bonds is 4. The Kier molecular flexibility index (Phi) is 5.59. The average Bonchev–Trinajstić information content (AvgIpc) is 3.12. The summed E-state index contributed by atoms with van der Waals surface area (Å²) in [6.07, 6.45) is 4.28. The summed E-state index contributed by atoms with van der Waals surface area (Å²) in [6.45, 7) is -0.521. The van der Waals surface area contributed by atoms with Gasteiger partial charge >= 0.3 is 0 Å². The van der Waals surface area contributed by atoms with Crippen molar-refractivity contribution in [1.29, 1.82) is 5.26 Å². The standard InChI is InChI=1S/C15H12ClN4O2.Y/c16-13-2-1-10(11-6-18-19-7-11)5-12(13)14(22)20(9-21)15(8-17)3-4-15;/h1-2,5-7,21H,3-4,9H2;/q-1;. The molecule has 1 amide bonds. The van der Waals surface area contributed by atoms with Crippen molar-refractivity contribution in [2.24, 2.45) is 0 Å². The molecule has 1 fully saturated rings. The second-order valence-corrected chi connectivity index (χ2v) is 5.56. The zero-order valence-corrected chi connectivity index (χ0v) is 15.7. The van der Waals surface area contributed by atoms with E-state index in [-0.39, 0.29) is 43.3 Å². The number of aromatic nitrogens is 2. The minimum Gasteiger partial charge on any atom is -0.581 e. The summed E-state index contributed by atoms with van der Waals surface area (Å²) in [5, 5.41) is 26.5. The number of carbonyl (C=O) groups is 1. The van der Waals surface area contributed by atoms with Crippen LogP contribution in [0, 0.1) is 11.3 Å². The summed E-state index contributed by atoms with van der Waals surface area (Å²) in [6, 6.07) is 7.09. The summed E-state index contributed by atoms with van der Waals surface area (Å²) in [5.41, 5.74) is 0.852. The van der Waals surface area contributed by atoms with E-state index in [9.17, 15) is 15.2 Å². The Labute approximate surface area is 163 Å². The van der Waals surface area contributed by atoms with Crippen molar-refractivity contribution < 1.29 is 42.6 Å². The molecule has 1 aromatic heterocycles. The number of nitriles is 1. The minimum absolute atomic E-state index is 0. The van der Waals surface area contributed by atoms with Gasteiger partial charge in [0.2, 0.25) is 0 Å². The number of hydrogen-bond acceptors (Lipinski definition) is 4. The minimum atomic E-state index is -0.908. The molecule has 6 nitrogen and oxygen atoms in total. The predicted molar refractivity (Wildman–Crippen MR) is 78.8 cm³/mol. The third-order valence-electron chi connectivity index (χ3n) is 3.83. The van der Waals surface area contributed by atoms with E-state index in [0.717, 1.165) is 11.1 Å². The molecule has 1 N–H and O–H groups in total. The van der Waals surface area contributed by atoms with Gasteiger partial charge in [0.05, 0.1) is 16.7 Å². The van der Waals surface area contributed by atoms with Crippen molar-refractivity contribution in [2.75, 3.05) is 6.73 Å². The molecule has 1 radical (unpaired) electrons. The summed E-state index contributed by atoms with van der Waals surface area (Å²) in [5.74, 6) is -0.458. The number of hydrogen-bond donors (Lipinski definition) is 1. The fourth-order valence-corrected chi connectivity index (χ4v) is 2.54. The van der Waals surface area contributed by atoms with Crippen LogP contribution >= 0.6 is 11.6 Å². The smallest absolute Gasteiger partial charge is 0.258 e. The van der Waals surface area contributed by atoms with Gasteiger partial charge in [0.25, 0.3) is 5.91 Å². The number of aliphatic hydroxyl groups is 1. The van der Waals surface area contributed by atoms with E-state index in [1.165, 1.54) is 4.90 Å². The maximum atomic E-state index is 12.7. The van der Waals surface area contributed by atoms with Crippen molar-refractivity contribution in [3.8, 4) is 17.2 Å². The van der Waals surface area contributed by atoms with Crippen molar-refractivity contribution in [3.63, 3.8) is 0 Å². The first-order valence-electron chi connectivity index (χ1n) is 6.69. The number of amides is 1. The number of halogens is 1. The van der Waals surface area contributed by atoms with Crippen LogP contribution in [0.2, 0.25) is 5.02 Å². The molecular weight excluding hydrogens is 393 g/mol. The monoisotopic (exact) mass is 404 g/mol. The molecule has 1 aliphatic carbocycles. The van der Waals surface area contributed by atoms with Gasteiger partial charge in [-0.15, -0.1) is 0 Å². The maximum Gasteiger partial charge on any atom is 0.258 e. The summed E-state index contributed by atoms with van der Waals surface area (Å²) >= 11 is 6.12. The molecule has 1 heterocycles. The molecule has 0 aliphatic heterocycles. The van der Waals surface area contributed by atoms with Gasteiger partial charge in [-0.1, -0.05) is 17.7 Å². The molecule has 0 atom stereocenters. The van der Waals surface area contributed by atoms with E-state index in [0.29, 0.717) is 12.8 Å². The number of benzene rings is 1. The molecule has 0 saturated heterocycles. The van der Waals surface area contributed by atoms with Gasteiger partial charge in [-0.2, -0.15) is 11.5 Å². The number of nitrogens with zero attached hydrogens (tertiary/aromatic N) is 4. The molecule has 2 aromatic rings. The molecule has 0 bridgehead atoms. The van der Waals surface area contributed by atoms with Gasteiger partial charge in [-0.05, 0) is 36.1 Å². The Bertz CT molecular complexity index is 753. The van der Waals surface area contributed by atoms with Gasteiger partial charge in [0, 0.05) is 38.9 Å². The largest absolute Gasteiger partial charge is 0.581 e. The van der Waals surface area contributed by atoms with E-state index in [2.05, 4.69) is 16.3 Å². The zero-order valence-electron chi connectivity index (χ0n) is 12.1. The molecule has 115 valence electrons. The molecule has 1 aliphatic rings. The second kappa shape index (κ2) is 7.10. The maximum absolute atomic E-state index is 12.7. The summed E-state index contributed by atoms with van der Waals surface area (Å²) < 4.78 is 0. The molecule has 0 unspecified atom stereocenters. The zero-order chi connectivity index (χ0) is 15.7. The number of carbonyl (C=O) groups excluding carboxylic acids is 1. The molecular formula is C15H12ClN4O2Y-. The molecule has 1 saturated carbocycles. The van der Waals surface area contributed by atoms with E-state index in [1.807, 2.05) is 0 Å². The fourth-order valence-electron chi connectivity index (χ4n) is 2.34. The first kappa shape index (κ1) is 18.1. The molecule has 3 rings (SSSR count). The Hall–Kier alpha value is -1.26. The van der Waals surface area contributed by atoms with Crippen LogP contribution in [-0.2, 0) is 32.7 Å². The molecule has 1 aromatic carbocycles. The van der Waals surface area contributed by atoms with Crippen LogP contribution in [-0.4, -0.2) is 33.3 Å². The van der Waals surface area contributed by atoms with E-state index in [1.54, 1.807) is 30.6 Å². The average molecular weight is 405 g/mol. The van der Waals surface area contributed by atoms with E-state index < -0.39 is 18.2 Å². The van der Waals surface area contributed by atoms with Crippen LogP contribution in [0.25, 0.3) is 11.1 Å². The summed E-state index contributed by atoms with van der Waals surface area (Å²) in [4.78, 5) is 13.8. The van der Waals surface area contributed by atoms with Crippen molar-refractivity contribution in [2.45, 2.75) is 18.4 Å². The Morgan fingerprint density at radius 3 is 2.74 bits per heavy atom. The first-order chi connectivity index (χ1) is 10.6. The van der Waals surface area contributed by atoms with E-state index in [4.69, 9.17) is 11.6 Å². The van der Waals surface area contributed by atoms with Crippen molar-refractivity contribution in [3.05, 3.63) is 41.2 Å². The van der Waals surface area contributed by atoms with Gasteiger partial charge in [0.1, 0.15) is 12.3 Å². The number of aliphatic hydroxyl groups excluding tert-OH is 1. The van der Waals surface area contributed by atoms with Crippen LogP contribution in [0.15, 0.2) is 30.6 Å². The third-order valence-corrected chi connectivity index (χ3v) is 4.15. The second-order valence-electron chi connectivity index (χ2n) is 5.16. The third kappa shape index (κ3) is 3.34. The Morgan fingerprint density at radius 2 is 2.22 bits per heavy atom. The van der Waals surface area contributed by atoms with Crippen LogP contribution in [0.3, 0.4) is 0 Å². The quantitative estimate of drug-likeness (QED) is 0.785. The normalized spacial score (nSPS) is 14.5. The molecule has 0 spiro atoms. The SMILES string of the molecule is N#CC1(N(CO)C(=O)c2cc(-c3cn[n-]c3)ccc2Cl)CC1.[Y]. The van der Waals surface area contributed by atoms with Gasteiger partial charge in [-0.25, -0.2) is 0 Å².